The molecule has 4 nitrogen and oxygen atoms in total. The van der Waals surface area contributed by atoms with Gasteiger partial charge in [0.1, 0.15) is 0 Å². The Hall–Kier alpha value is -1.03. The molecule has 1 aromatic rings. The number of hydrogen-bond donors (Lipinski definition) is 0. The molecule has 1 aliphatic rings. The maximum absolute atomic E-state index is 6.08. The second-order valence-electron chi connectivity index (χ2n) is 5.18. The lowest BCUT2D eigenvalue weighted by Gasteiger charge is -2.25. The molecule has 106 valence electrons. The highest BCUT2D eigenvalue weighted by atomic mass is 35.5. The van der Waals surface area contributed by atoms with Gasteiger partial charge in [-0.15, -0.1) is 11.6 Å². The van der Waals surface area contributed by atoms with Crippen LogP contribution in [0.5, 0.6) is 5.88 Å². The van der Waals surface area contributed by atoms with Gasteiger partial charge in [-0.1, -0.05) is 13.8 Å². The fourth-order valence-electron chi connectivity index (χ4n) is 2.43. The minimum absolute atomic E-state index is 0.322. The van der Waals surface area contributed by atoms with Gasteiger partial charge in [-0.05, 0) is 25.7 Å². The zero-order chi connectivity index (χ0) is 13.8. The summed E-state index contributed by atoms with van der Waals surface area (Å²) in [6.45, 7) is 7.94. The normalized spacial score (nSPS) is 22.8. The molecule has 1 aromatic heterocycles. The zero-order valence-electron chi connectivity index (χ0n) is 11.9. The minimum atomic E-state index is 0.322. The number of aromatic nitrogens is 2. The summed E-state index contributed by atoms with van der Waals surface area (Å²) < 4.78 is 5.62. The zero-order valence-corrected chi connectivity index (χ0v) is 12.7. The molecule has 0 radical (unpaired) electrons. The number of halogens is 1. The van der Waals surface area contributed by atoms with E-state index in [1.165, 1.54) is 0 Å². The molecule has 0 aliphatic carbocycles. The third-order valence-corrected chi connectivity index (χ3v) is 3.89. The Morgan fingerprint density at radius 2 is 2.26 bits per heavy atom. The van der Waals surface area contributed by atoms with E-state index in [4.69, 9.17) is 16.3 Å². The molecule has 1 saturated heterocycles. The maximum Gasteiger partial charge on any atom is 0.229 e. The SMILES string of the molecule is CCCOc1cc(C)nc(N2CCC(C)C2CCl)n1. The van der Waals surface area contributed by atoms with Gasteiger partial charge in [0.15, 0.2) is 0 Å². The van der Waals surface area contributed by atoms with E-state index in [9.17, 15) is 0 Å². The van der Waals surface area contributed by atoms with E-state index < -0.39 is 0 Å². The van der Waals surface area contributed by atoms with Crippen molar-refractivity contribution in [2.45, 2.75) is 39.7 Å². The molecule has 19 heavy (non-hydrogen) atoms. The highest BCUT2D eigenvalue weighted by molar-refractivity contribution is 6.18. The summed E-state index contributed by atoms with van der Waals surface area (Å²) in [5, 5.41) is 0. The van der Waals surface area contributed by atoms with Gasteiger partial charge in [0.05, 0.1) is 6.61 Å². The molecule has 1 fully saturated rings. The van der Waals surface area contributed by atoms with Gasteiger partial charge in [-0.25, -0.2) is 4.98 Å². The van der Waals surface area contributed by atoms with Crippen LogP contribution >= 0.6 is 11.6 Å². The van der Waals surface area contributed by atoms with Crippen LogP contribution in [0, 0.1) is 12.8 Å². The average molecular weight is 284 g/mol. The number of aryl methyl sites for hydroxylation is 1. The van der Waals surface area contributed by atoms with Crippen LogP contribution in [0.1, 0.15) is 32.4 Å². The van der Waals surface area contributed by atoms with Crippen molar-refractivity contribution < 1.29 is 4.74 Å². The van der Waals surface area contributed by atoms with Crippen molar-refractivity contribution in [2.24, 2.45) is 5.92 Å². The third kappa shape index (κ3) is 3.30. The van der Waals surface area contributed by atoms with Gasteiger partial charge < -0.3 is 9.64 Å². The molecule has 2 atom stereocenters. The highest BCUT2D eigenvalue weighted by Crippen LogP contribution is 2.29. The first-order valence-corrected chi connectivity index (χ1v) is 7.50. The van der Waals surface area contributed by atoms with Gasteiger partial charge in [-0.2, -0.15) is 4.98 Å². The third-order valence-electron chi connectivity index (χ3n) is 3.57. The van der Waals surface area contributed by atoms with Gasteiger partial charge in [-0.3, -0.25) is 0 Å². The summed E-state index contributed by atoms with van der Waals surface area (Å²) in [7, 11) is 0. The average Bonchev–Trinajstić information content (AvgIpc) is 2.76. The molecular formula is C14H22ClN3O. The van der Waals surface area contributed by atoms with Crippen molar-refractivity contribution in [3.63, 3.8) is 0 Å². The molecular weight excluding hydrogens is 262 g/mol. The van der Waals surface area contributed by atoms with Crippen molar-refractivity contribution in [1.82, 2.24) is 9.97 Å². The molecule has 2 rings (SSSR count). The van der Waals surface area contributed by atoms with Crippen LogP contribution in [0.3, 0.4) is 0 Å². The summed E-state index contributed by atoms with van der Waals surface area (Å²) in [6, 6.07) is 2.21. The van der Waals surface area contributed by atoms with Crippen molar-refractivity contribution in [3.05, 3.63) is 11.8 Å². The number of nitrogens with zero attached hydrogens (tertiary/aromatic N) is 3. The number of ether oxygens (including phenoxy) is 1. The van der Waals surface area contributed by atoms with E-state index in [-0.39, 0.29) is 0 Å². The first kappa shape index (κ1) is 14.4. The van der Waals surface area contributed by atoms with Crippen molar-refractivity contribution >= 4 is 17.5 Å². The summed E-state index contributed by atoms with van der Waals surface area (Å²) in [5.41, 5.74) is 0.934. The Labute approximate surface area is 120 Å². The number of anilines is 1. The van der Waals surface area contributed by atoms with Crippen molar-refractivity contribution in [2.75, 3.05) is 23.9 Å². The van der Waals surface area contributed by atoms with Crippen LogP contribution in [0.4, 0.5) is 5.95 Å². The van der Waals surface area contributed by atoms with Gasteiger partial charge in [0.2, 0.25) is 11.8 Å². The fraction of sp³-hybridized carbons (Fsp3) is 0.714. The van der Waals surface area contributed by atoms with Crippen LogP contribution in [0.25, 0.3) is 0 Å². The van der Waals surface area contributed by atoms with E-state index >= 15 is 0 Å². The Balaban J connectivity index is 2.21. The standard InChI is InChI=1S/C14H22ClN3O/c1-4-7-19-13-8-11(3)16-14(17-13)18-6-5-10(2)12(18)9-15/h8,10,12H,4-7,9H2,1-3H3. The number of alkyl halides is 1. The minimum Gasteiger partial charge on any atom is -0.478 e. The molecule has 0 aromatic carbocycles. The smallest absolute Gasteiger partial charge is 0.229 e. The van der Waals surface area contributed by atoms with Crippen LogP contribution in [0.15, 0.2) is 6.07 Å². The summed E-state index contributed by atoms with van der Waals surface area (Å²) in [4.78, 5) is 11.3. The molecule has 0 bridgehead atoms. The number of hydrogen-bond acceptors (Lipinski definition) is 4. The van der Waals surface area contributed by atoms with E-state index in [0.29, 0.717) is 30.3 Å². The summed E-state index contributed by atoms with van der Waals surface area (Å²) in [6.07, 6.45) is 2.11. The van der Waals surface area contributed by atoms with E-state index in [1.807, 2.05) is 13.0 Å². The summed E-state index contributed by atoms with van der Waals surface area (Å²) >= 11 is 6.08. The Morgan fingerprint density at radius 3 is 2.95 bits per heavy atom. The molecule has 5 heteroatoms. The maximum atomic E-state index is 6.08. The van der Waals surface area contributed by atoms with Crippen molar-refractivity contribution in [3.8, 4) is 5.88 Å². The predicted octanol–water partition coefficient (Wildman–Crippen LogP) is 3.03. The van der Waals surface area contributed by atoms with Crippen molar-refractivity contribution in [1.29, 1.82) is 0 Å². The van der Waals surface area contributed by atoms with Gasteiger partial charge in [0.25, 0.3) is 0 Å². The lowest BCUT2D eigenvalue weighted by Crippen LogP contribution is -2.35. The quantitative estimate of drug-likeness (QED) is 0.779. The molecule has 0 N–H and O–H groups in total. The molecule has 0 amide bonds. The Morgan fingerprint density at radius 1 is 1.47 bits per heavy atom. The largest absolute Gasteiger partial charge is 0.478 e. The molecule has 2 unspecified atom stereocenters. The molecule has 2 heterocycles. The first-order valence-electron chi connectivity index (χ1n) is 6.96. The van der Waals surface area contributed by atoms with E-state index in [2.05, 4.69) is 28.7 Å². The summed E-state index contributed by atoms with van der Waals surface area (Å²) in [5.74, 6) is 2.61. The number of rotatable bonds is 5. The Bertz CT molecular complexity index is 427. The lowest BCUT2D eigenvalue weighted by atomic mass is 10.1. The fourth-order valence-corrected chi connectivity index (χ4v) is 2.90. The van der Waals surface area contributed by atoms with Gasteiger partial charge in [0, 0.05) is 30.2 Å². The topological polar surface area (TPSA) is 38.2 Å². The molecule has 0 saturated carbocycles. The van der Waals surface area contributed by atoms with Gasteiger partial charge >= 0.3 is 0 Å². The molecule has 0 spiro atoms. The van der Waals surface area contributed by atoms with Crippen LogP contribution in [-0.2, 0) is 0 Å². The highest BCUT2D eigenvalue weighted by Gasteiger charge is 2.32. The second-order valence-corrected chi connectivity index (χ2v) is 5.49. The van der Waals surface area contributed by atoms with Crippen LogP contribution in [0.2, 0.25) is 0 Å². The second kappa shape index (κ2) is 6.42. The van der Waals surface area contributed by atoms with Crippen LogP contribution in [-0.4, -0.2) is 35.0 Å². The molecule has 1 aliphatic heterocycles. The van der Waals surface area contributed by atoms with E-state index in [0.717, 1.165) is 31.0 Å². The monoisotopic (exact) mass is 283 g/mol. The first-order chi connectivity index (χ1) is 9.15. The van der Waals surface area contributed by atoms with E-state index in [1.54, 1.807) is 0 Å². The Kier molecular flexibility index (Phi) is 4.86. The van der Waals surface area contributed by atoms with Crippen LogP contribution < -0.4 is 9.64 Å². The predicted molar refractivity (Wildman–Crippen MR) is 78.2 cm³/mol. The lowest BCUT2D eigenvalue weighted by molar-refractivity contribution is 0.304.